The van der Waals surface area contributed by atoms with E-state index in [9.17, 15) is 8.42 Å². The maximum absolute atomic E-state index is 12.6. The number of likely N-dealkylation sites (tertiary alicyclic amines) is 1. The van der Waals surface area contributed by atoms with Gasteiger partial charge in [0.05, 0.1) is 17.9 Å². The fourth-order valence-electron chi connectivity index (χ4n) is 3.88. The number of sulfonamides is 1. The van der Waals surface area contributed by atoms with E-state index >= 15 is 0 Å². The SMILES string of the molecule is Cc1ccc(S(=O)(=O)NCC2CCCN(Cc3nnc(Cc4ccccc4)o3)C2)cc1. The lowest BCUT2D eigenvalue weighted by atomic mass is 9.98. The third-order valence-electron chi connectivity index (χ3n) is 5.56. The van der Waals surface area contributed by atoms with Gasteiger partial charge in [0.25, 0.3) is 0 Å². The molecule has 0 saturated carbocycles. The Bertz CT molecular complexity index is 1080. The largest absolute Gasteiger partial charge is 0.424 e. The van der Waals surface area contributed by atoms with E-state index in [-0.39, 0.29) is 5.92 Å². The van der Waals surface area contributed by atoms with Gasteiger partial charge in [-0.1, -0.05) is 48.0 Å². The van der Waals surface area contributed by atoms with Crippen molar-refractivity contribution in [3.63, 3.8) is 0 Å². The van der Waals surface area contributed by atoms with Gasteiger partial charge in [0.1, 0.15) is 0 Å². The first kappa shape index (κ1) is 21.7. The smallest absolute Gasteiger partial charge is 0.240 e. The maximum atomic E-state index is 12.6. The number of rotatable bonds is 8. The highest BCUT2D eigenvalue weighted by Gasteiger charge is 2.24. The Hall–Kier alpha value is -2.55. The van der Waals surface area contributed by atoms with E-state index < -0.39 is 10.0 Å². The minimum Gasteiger partial charge on any atom is -0.424 e. The van der Waals surface area contributed by atoms with Crippen LogP contribution in [0.5, 0.6) is 0 Å². The normalized spacial score (nSPS) is 17.6. The Morgan fingerprint density at radius 1 is 1.06 bits per heavy atom. The predicted molar refractivity (Wildman–Crippen MR) is 118 cm³/mol. The summed E-state index contributed by atoms with van der Waals surface area (Å²) in [6.45, 7) is 4.69. The van der Waals surface area contributed by atoms with Crippen molar-refractivity contribution in [2.45, 2.75) is 37.6 Å². The molecule has 2 heterocycles. The highest BCUT2D eigenvalue weighted by atomic mass is 32.2. The van der Waals surface area contributed by atoms with Gasteiger partial charge in [-0.2, -0.15) is 0 Å². The van der Waals surface area contributed by atoms with Crippen molar-refractivity contribution >= 4 is 10.0 Å². The number of aromatic nitrogens is 2. The highest BCUT2D eigenvalue weighted by molar-refractivity contribution is 7.89. The van der Waals surface area contributed by atoms with Gasteiger partial charge in [0.15, 0.2) is 0 Å². The first-order valence-corrected chi connectivity index (χ1v) is 12.1. The Morgan fingerprint density at radius 2 is 1.81 bits per heavy atom. The van der Waals surface area contributed by atoms with E-state index in [1.54, 1.807) is 12.1 Å². The Labute approximate surface area is 183 Å². The summed E-state index contributed by atoms with van der Waals surface area (Å²) in [4.78, 5) is 2.57. The third-order valence-corrected chi connectivity index (χ3v) is 7.00. The van der Waals surface area contributed by atoms with Crippen LogP contribution in [-0.2, 0) is 23.0 Å². The Balaban J connectivity index is 1.29. The molecular weight excluding hydrogens is 412 g/mol. The summed E-state index contributed by atoms with van der Waals surface area (Å²) >= 11 is 0. The average molecular weight is 441 g/mol. The van der Waals surface area contributed by atoms with Gasteiger partial charge in [0, 0.05) is 13.1 Å². The molecule has 2 aromatic carbocycles. The molecule has 3 aromatic rings. The molecular formula is C23H28N4O3S. The molecule has 4 rings (SSSR count). The zero-order valence-electron chi connectivity index (χ0n) is 17.7. The van der Waals surface area contributed by atoms with Crippen molar-refractivity contribution in [2.75, 3.05) is 19.6 Å². The minimum atomic E-state index is -3.49. The van der Waals surface area contributed by atoms with Gasteiger partial charge < -0.3 is 4.42 Å². The summed E-state index contributed by atoms with van der Waals surface area (Å²) < 4.78 is 33.7. The Kier molecular flexibility index (Phi) is 6.80. The van der Waals surface area contributed by atoms with Crippen LogP contribution in [0.3, 0.4) is 0 Å². The topological polar surface area (TPSA) is 88.3 Å². The molecule has 0 amide bonds. The zero-order valence-corrected chi connectivity index (χ0v) is 18.5. The van der Waals surface area contributed by atoms with E-state index in [0.717, 1.165) is 37.1 Å². The van der Waals surface area contributed by atoms with Crippen molar-refractivity contribution in [1.29, 1.82) is 0 Å². The van der Waals surface area contributed by atoms with Crippen molar-refractivity contribution in [2.24, 2.45) is 5.92 Å². The molecule has 0 spiro atoms. The molecule has 8 heteroatoms. The number of hydrogen-bond acceptors (Lipinski definition) is 6. The molecule has 1 atom stereocenters. The predicted octanol–water partition coefficient (Wildman–Crippen LogP) is 3.16. The van der Waals surface area contributed by atoms with Gasteiger partial charge in [-0.25, -0.2) is 13.1 Å². The van der Waals surface area contributed by atoms with Gasteiger partial charge in [0.2, 0.25) is 21.8 Å². The molecule has 7 nitrogen and oxygen atoms in total. The number of hydrogen-bond donors (Lipinski definition) is 1. The van der Waals surface area contributed by atoms with Crippen LogP contribution in [0.1, 0.15) is 35.7 Å². The van der Waals surface area contributed by atoms with E-state index in [1.165, 1.54) is 0 Å². The monoisotopic (exact) mass is 440 g/mol. The second kappa shape index (κ2) is 9.72. The molecule has 0 bridgehead atoms. The first-order chi connectivity index (χ1) is 15.0. The summed E-state index contributed by atoms with van der Waals surface area (Å²) in [5.74, 6) is 1.47. The average Bonchev–Trinajstić information content (AvgIpc) is 3.20. The molecule has 1 saturated heterocycles. The molecule has 164 valence electrons. The summed E-state index contributed by atoms with van der Waals surface area (Å²) in [6.07, 6.45) is 2.63. The van der Waals surface area contributed by atoms with Crippen LogP contribution in [0, 0.1) is 12.8 Å². The standard InChI is InChI=1S/C23H28N4O3S/c1-18-9-11-21(12-10-18)31(28,29)24-15-20-8-5-13-27(16-20)17-23-26-25-22(30-23)14-19-6-3-2-4-7-19/h2-4,6-7,9-12,20,24H,5,8,13-17H2,1H3. The van der Waals surface area contributed by atoms with Gasteiger partial charge in [-0.15, -0.1) is 10.2 Å². The van der Waals surface area contributed by atoms with Crippen LogP contribution >= 0.6 is 0 Å². The van der Waals surface area contributed by atoms with Crippen LogP contribution in [-0.4, -0.2) is 43.1 Å². The first-order valence-electron chi connectivity index (χ1n) is 10.6. The lowest BCUT2D eigenvalue weighted by Gasteiger charge is -2.31. The van der Waals surface area contributed by atoms with Crippen LogP contribution in [0.25, 0.3) is 0 Å². The number of piperidine rings is 1. The van der Waals surface area contributed by atoms with Crippen LogP contribution in [0.15, 0.2) is 63.9 Å². The van der Waals surface area contributed by atoms with Crippen LogP contribution in [0.2, 0.25) is 0 Å². The Morgan fingerprint density at radius 3 is 2.58 bits per heavy atom. The van der Waals surface area contributed by atoms with Crippen LogP contribution in [0.4, 0.5) is 0 Å². The number of aryl methyl sites for hydroxylation is 1. The molecule has 1 N–H and O–H groups in total. The van der Waals surface area contributed by atoms with E-state index in [1.807, 2.05) is 49.4 Å². The number of nitrogens with zero attached hydrogens (tertiary/aromatic N) is 3. The van der Waals surface area contributed by atoms with Gasteiger partial charge in [-0.05, 0) is 49.9 Å². The fourth-order valence-corrected chi connectivity index (χ4v) is 4.99. The summed E-state index contributed by atoms with van der Waals surface area (Å²) in [7, 11) is -3.49. The molecule has 0 radical (unpaired) electrons. The molecule has 31 heavy (non-hydrogen) atoms. The van der Waals surface area contributed by atoms with Crippen molar-refractivity contribution in [3.8, 4) is 0 Å². The third kappa shape index (κ3) is 6.00. The fraction of sp³-hybridized carbons (Fsp3) is 0.391. The maximum Gasteiger partial charge on any atom is 0.240 e. The molecule has 1 aliphatic heterocycles. The zero-order chi connectivity index (χ0) is 21.7. The molecule has 1 aliphatic rings. The second-order valence-electron chi connectivity index (χ2n) is 8.16. The van der Waals surface area contributed by atoms with E-state index in [2.05, 4.69) is 19.8 Å². The highest BCUT2D eigenvalue weighted by Crippen LogP contribution is 2.19. The van der Waals surface area contributed by atoms with Gasteiger partial charge >= 0.3 is 0 Å². The lowest BCUT2D eigenvalue weighted by Crippen LogP contribution is -2.40. The molecule has 0 aliphatic carbocycles. The summed E-state index contributed by atoms with van der Waals surface area (Å²) in [5.41, 5.74) is 2.17. The van der Waals surface area contributed by atoms with E-state index in [4.69, 9.17) is 4.42 Å². The number of benzene rings is 2. The van der Waals surface area contributed by atoms with Crippen molar-refractivity contribution in [3.05, 3.63) is 77.5 Å². The van der Waals surface area contributed by atoms with Crippen molar-refractivity contribution < 1.29 is 12.8 Å². The lowest BCUT2D eigenvalue weighted by molar-refractivity contribution is 0.155. The van der Waals surface area contributed by atoms with Crippen LogP contribution < -0.4 is 4.72 Å². The minimum absolute atomic E-state index is 0.251. The molecule has 1 aromatic heterocycles. The quantitative estimate of drug-likeness (QED) is 0.579. The second-order valence-corrected chi connectivity index (χ2v) is 9.93. The van der Waals surface area contributed by atoms with Crippen molar-refractivity contribution in [1.82, 2.24) is 19.8 Å². The summed E-state index contributed by atoms with van der Waals surface area (Å²) in [6, 6.07) is 17.0. The molecule has 1 unspecified atom stereocenters. The summed E-state index contributed by atoms with van der Waals surface area (Å²) in [5, 5.41) is 8.36. The number of nitrogens with one attached hydrogen (secondary N) is 1. The molecule has 1 fully saturated rings. The van der Waals surface area contributed by atoms with E-state index in [0.29, 0.717) is 36.2 Å². The van der Waals surface area contributed by atoms with Gasteiger partial charge in [-0.3, -0.25) is 4.90 Å².